The van der Waals surface area contributed by atoms with Gasteiger partial charge in [-0.1, -0.05) is 77.3 Å². The van der Waals surface area contributed by atoms with Crippen LogP contribution in [0.4, 0.5) is 5.69 Å². The SMILES string of the molecule is CCCCNC(=O)C(C)N(Cc1cccc(Br)c1)C(=O)CN(c1ccc(C)cc1)S(=O)(=O)c1ccccc1. The molecular formula is C29H34BrN3O4S. The van der Waals surface area contributed by atoms with Crippen molar-refractivity contribution in [1.82, 2.24) is 10.2 Å². The number of aryl methyl sites for hydroxylation is 1. The first-order chi connectivity index (χ1) is 18.1. The zero-order valence-corrected chi connectivity index (χ0v) is 24.3. The van der Waals surface area contributed by atoms with E-state index < -0.39 is 28.5 Å². The van der Waals surface area contributed by atoms with E-state index in [9.17, 15) is 18.0 Å². The van der Waals surface area contributed by atoms with Crippen LogP contribution in [-0.2, 0) is 26.2 Å². The van der Waals surface area contributed by atoms with Gasteiger partial charge in [-0.25, -0.2) is 8.42 Å². The summed E-state index contributed by atoms with van der Waals surface area (Å²) < 4.78 is 29.4. The number of carbonyl (C=O) groups excluding carboxylic acids is 2. The van der Waals surface area contributed by atoms with Gasteiger partial charge in [0.2, 0.25) is 11.8 Å². The first-order valence-corrected chi connectivity index (χ1v) is 14.8. The molecule has 0 radical (unpaired) electrons. The highest BCUT2D eigenvalue weighted by Crippen LogP contribution is 2.25. The third-order valence-corrected chi connectivity index (χ3v) is 8.45. The number of sulfonamides is 1. The number of nitrogens with zero attached hydrogens (tertiary/aromatic N) is 2. The van der Waals surface area contributed by atoms with Crippen LogP contribution in [0.5, 0.6) is 0 Å². The van der Waals surface area contributed by atoms with Gasteiger partial charge in [0.25, 0.3) is 10.0 Å². The van der Waals surface area contributed by atoms with E-state index in [4.69, 9.17) is 0 Å². The fourth-order valence-electron chi connectivity index (χ4n) is 3.91. The minimum Gasteiger partial charge on any atom is -0.354 e. The number of amides is 2. The Morgan fingerprint density at radius 2 is 1.66 bits per heavy atom. The predicted molar refractivity (Wildman–Crippen MR) is 154 cm³/mol. The van der Waals surface area contributed by atoms with Crippen molar-refractivity contribution in [2.24, 2.45) is 0 Å². The van der Waals surface area contributed by atoms with Gasteiger partial charge < -0.3 is 10.2 Å². The quantitative estimate of drug-likeness (QED) is 0.287. The lowest BCUT2D eigenvalue weighted by Crippen LogP contribution is -2.51. The first-order valence-electron chi connectivity index (χ1n) is 12.6. The molecule has 1 unspecified atom stereocenters. The molecular weight excluding hydrogens is 566 g/mol. The van der Waals surface area contributed by atoms with E-state index >= 15 is 0 Å². The Bertz CT molecular complexity index is 1330. The second kappa shape index (κ2) is 13.6. The topological polar surface area (TPSA) is 86.8 Å². The summed E-state index contributed by atoms with van der Waals surface area (Å²) in [5, 5.41) is 2.89. The highest BCUT2D eigenvalue weighted by atomic mass is 79.9. The van der Waals surface area contributed by atoms with Crippen LogP contribution in [0.1, 0.15) is 37.8 Å². The van der Waals surface area contributed by atoms with Crippen molar-refractivity contribution in [3.8, 4) is 0 Å². The van der Waals surface area contributed by atoms with E-state index in [0.717, 1.165) is 32.7 Å². The van der Waals surface area contributed by atoms with Gasteiger partial charge in [-0.3, -0.25) is 13.9 Å². The van der Waals surface area contributed by atoms with E-state index in [0.29, 0.717) is 12.2 Å². The summed E-state index contributed by atoms with van der Waals surface area (Å²) in [6.07, 6.45) is 1.76. The van der Waals surface area contributed by atoms with Crippen molar-refractivity contribution in [2.75, 3.05) is 17.4 Å². The van der Waals surface area contributed by atoms with Crippen molar-refractivity contribution in [3.05, 3.63) is 94.5 Å². The number of benzene rings is 3. The highest BCUT2D eigenvalue weighted by Gasteiger charge is 2.32. The average molecular weight is 601 g/mol. The fraction of sp³-hybridized carbons (Fsp3) is 0.310. The number of halogens is 1. The maximum atomic E-state index is 13.9. The lowest BCUT2D eigenvalue weighted by atomic mass is 10.1. The van der Waals surface area contributed by atoms with Crippen LogP contribution in [0.3, 0.4) is 0 Å². The summed E-state index contributed by atoms with van der Waals surface area (Å²) in [5.74, 6) is -0.766. The van der Waals surface area contributed by atoms with Crippen molar-refractivity contribution >= 4 is 43.5 Å². The van der Waals surface area contributed by atoms with Gasteiger partial charge in [0.05, 0.1) is 10.6 Å². The zero-order chi connectivity index (χ0) is 27.7. The molecule has 0 bridgehead atoms. The Balaban J connectivity index is 1.98. The van der Waals surface area contributed by atoms with E-state index in [-0.39, 0.29) is 17.3 Å². The number of nitrogens with one attached hydrogen (secondary N) is 1. The van der Waals surface area contributed by atoms with E-state index in [1.165, 1.54) is 17.0 Å². The molecule has 3 aromatic rings. The molecule has 0 saturated heterocycles. The lowest BCUT2D eigenvalue weighted by molar-refractivity contribution is -0.139. The van der Waals surface area contributed by atoms with Gasteiger partial charge in [0.1, 0.15) is 12.6 Å². The molecule has 202 valence electrons. The number of hydrogen-bond donors (Lipinski definition) is 1. The van der Waals surface area contributed by atoms with Crippen molar-refractivity contribution < 1.29 is 18.0 Å². The molecule has 1 N–H and O–H groups in total. The van der Waals surface area contributed by atoms with Gasteiger partial charge in [-0.2, -0.15) is 0 Å². The molecule has 38 heavy (non-hydrogen) atoms. The van der Waals surface area contributed by atoms with E-state index in [1.807, 2.05) is 38.1 Å². The van der Waals surface area contributed by atoms with Crippen LogP contribution < -0.4 is 9.62 Å². The van der Waals surface area contributed by atoms with Crippen molar-refractivity contribution in [2.45, 2.75) is 51.1 Å². The molecule has 3 rings (SSSR count). The number of unbranched alkanes of at least 4 members (excludes halogenated alkanes) is 1. The molecule has 9 heteroatoms. The molecule has 0 aliphatic carbocycles. The largest absolute Gasteiger partial charge is 0.354 e. The van der Waals surface area contributed by atoms with Crippen LogP contribution in [0, 0.1) is 6.92 Å². The molecule has 3 aromatic carbocycles. The molecule has 0 aromatic heterocycles. The summed E-state index contributed by atoms with van der Waals surface area (Å²) in [4.78, 5) is 28.4. The second-order valence-electron chi connectivity index (χ2n) is 9.13. The first kappa shape index (κ1) is 29.4. The number of anilines is 1. The number of carbonyl (C=O) groups is 2. The molecule has 2 amide bonds. The number of hydrogen-bond acceptors (Lipinski definition) is 4. The molecule has 7 nitrogen and oxygen atoms in total. The van der Waals surface area contributed by atoms with Crippen LogP contribution in [0.2, 0.25) is 0 Å². The Labute approximate surface area is 234 Å². The van der Waals surface area contributed by atoms with Gasteiger partial charge in [0, 0.05) is 17.6 Å². The summed E-state index contributed by atoms with van der Waals surface area (Å²) in [7, 11) is -4.06. The Hall–Kier alpha value is -3.17. The molecule has 0 saturated carbocycles. The molecule has 1 atom stereocenters. The summed E-state index contributed by atoms with van der Waals surface area (Å²) in [5.41, 5.74) is 2.15. The number of rotatable bonds is 12. The summed E-state index contributed by atoms with van der Waals surface area (Å²) >= 11 is 3.46. The van der Waals surface area contributed by atoms with Gasteiger partial charge >= 0.3 is 0 Å². The summed E-state index contributed by atoms with van der Waals surface area (Å²) in [6, 6.07) is 21.7. The summed E-state index contributed by atoms with van der Waals surface area (Å²) in [6.45, 7) is 5.80. The predicted octanol–water partition coefficient (Wildman–Crippen LogP) is 5.29. The van der Waals surface area contributed by atoms with Gasteiger partial charge in [0.15, 0.2) is 0 Å². The molecule has 0 spiro atoms. The molecule has 0 fully saturated rings. The monoisotopic (exact) mass is 599 g/mol. The minimum absolute atomic E-state index is 0.0808. The minimum atomic E-state index is -4.06. The fourth-order valence-corrected chi connectivity index (χ4v) is 5.79. The standard InChI is InChI=1S/C29H34BrN3O4S/c1-4-5-18-31-29(35)23(3)32(20-24-10-9-11-25(30)19-24)28(34)21-33(26-16-14-22(2)15-17-26)38(36,37)27-12-7-6-8-13-27/h6-17,19,23H,4-5,18,20-21H2,1-3H3,(H,31,35). The molecule has 0 aliphatic heterocycles. The highest BCUT2D eigenvalue weighted by molar-refractivity contribution is 9.10. The van der Waals surface area contributed by atoms with Crippen LogP contribution in [0.25, 0.3) is 0 Å². The Morgan fingerprint density at radius 3 is 2.29 bits per heavy atom. The second-order valence-corrected chi connectivity index (χ2v) is 11.9. The average Bonchev–Trinajstić information content (AvgIpc) is 2.91. The van der Waals surface area contributed by atoms with Crippen LogP contribution in [0.15, 0.2) is 88.2 Å². The molecule has 0 heterocycles. The molecule has 0 aliphatic rings. The third kappa shape index (κ3) is 7.68. The smallest absolute Gasteiger partial charge is 0.264 e. The zero-order valence-electron chi connectivity index (χ0n) is 21.9. The normalized spacial score (nSPS) is 12.0. The van der Waals surface area contributed by atoms with Crippen LogP contribution >= 0.6 is 15.9 Å². The Kier molecular flexibility index (Phi) is 10.5. The van der Waals surface area contributed by atoms with Gasteiger partial charge in [-0.15, -0.1) is 0 Å². The maximum Gasteiger partial charge on any atom is 0.264 e. The van der Waals surface area contributed by atoms with E-state index in [2.05, 4.69) is 21.2 Å². The van der Waals surface area contributed by atoms with Crippen LogP contribution in [-0.4, -0.2) is 44.3 Å². The Morgan fingerprint density at radius 1 is 0.974 bits per heavy atom. The third-order valence-electron chi connectivity index (χ3n) is 6.17. The van der Waals surface area contributed by atoms with E-state index in [1.54, 1.807) is 49.4 Å². The van der Waals surface area contributed by atoms with Crippen molar-refractivity contribution in [1.29, 1.82) is 0 Å². The van der Waals surface area contributed by atoms with Gasteiger partial charge in [-0.05, 0) is 62.2 Å². The maximum absolute atomic E-state index is 13.9. The lowest BCUT2D eigenvalue weighted by Gasteiger charge is -2.32. The van der Waals surface area contributed by atoms with Crippen molar-refractivity contribution in [3.63, 3.8) is 0 Å².